The Morgan fingerprint density at radius 2 is 1.90 bits per heavy atom. The highest BCUT2D eigenvalue weighted by molar-refractivity contribution is 7.80. The molecule has 0 heterocycles. The van der Waals surface area contributed by atoms with Crippen LogP contribution < -0.4 is 10.6 Å². The van der Waals surface area contributed by atoms with Gasteiger partial charge in [0.15, 0.2) is 0 Å². The summed E-state index contributed by atoms with van der Waals surface area (Å²) in [5.41, 5.74) is 9.31. The smallest absolute Gasteiger partial charge is 0.106 e. The highest BCUT2D eigenvalue weighted by Gasteiger charge is 2.16. The van der Waals surface area contributed by atoms with Crippen LogP contribution >= 0.6 is 12.2 Å². The third-order valence-electron chi connectivity index (χ3n) is 3.22. The van der Waals surface area contributed by atoms with E-state index in [1.54, 1.807) is 0 Å². The predicted molar refractivity (Wildman–Crippen MR) is 92.7 cm³/mol. The maximum atomic E-state index is 5.90. The molecule has 0 unspecified atom stereocenters. The zero-order valence-electron chi connectivity index (χ0n) is 13.3. The molecule has 0 aromatic heterocycles. The number of benzene rings is 1. The van der Waals surface area contributed by atoms with Crippen LogP contribution in [0.5, 0.6) is 0 Å². The molecule has 0 radical (unpaired) electrons. The van der Waals surface area contributed by atoms with Crippen molar-refractivity contribution in [2.75, 3.05) is 38.6 Å². The molecule has 1 aromatic carbocycles. The number of hydrogen-bond donors (Lipinski definition) is 1. The molecular formula is C16H27N3S. The van der Waals surface area contributed by atoms with E-state index in [1.807, 2.05) is 12.1 Å². The maximum absolute atomic E-state index is 5.90. The number of rotatable bonds is 7. The summed E-state index contributed by atoms with van der Waals surface area (Å²) in [6.45, 7) is 9.60. The Bertz CT molecular complexity index is 455. The molecule has 0 aliphatic heterocycles. The van der Waals surface area contributed by atoms with Crippen molar-refractivity contribution >= 4 is 22.9 Å². The number of likely N-dealkylation sites (N-methyl/N-ethyl adjacent to an activating group) is 1. The van der Waals surface area contributed by atoms with Crippen LogP contribution in [-0.4, -0.2) is 43.6 Å². The van der Waals surface area contributed by atoms with Crippen LogP contribution in [0.2, 0.25) is 0 Å². The van der Waals surface area contributed by atoms with E-state index in [-0.39, 0.29) is 0 Å². The molecule has 0 saturated carbocycles. The van der Waals surface area contributed by atoms with Gasteiger partial charge in [0.05, 0.1) is 0 Å². The summed E-state index contributed by atoms with van der Waals surface area (Å²) in [7, 11) is 4.19. The normalized spacial score (nSPS) is 11.2. The first kappa shape index (κ1) is 16.9. The van der Waals surface area contributed by atoms with Gasteiger partial charge in [0.1, 0.15) is 4.99 Å². The van der Waals surface area contributed by atoms with Gasteiger partial charge in [-0.1, -0.05) is 38.2 Å². The van der Waals surface area contributed by atoms with Crippen LogP contribution in [0.25, 0.3) is 0 Å². The minimum absolute atomic E-state index is 0.474. The van der Waals surface area contributed by atoms with Crippen LogP contribution in [0.1, 0.15) is 25.0 Å². The first-order valence-corrected chi connectivity index (χ1v) is 7.52. The Kier molecular flexibility index (Phi) is 6.43. The quantitative estimate of drug-likeness (QED) is 0.784. The van der Waals surface area contributed by atoms with Gasteiger partial charge in [-0.2, -0.15) is 0 Å². The fourth-order valence-electron chi connectivity index (χ4n) is 2.33. The monoisotopic (exact) mass is 293 g/mol. The highest BCUT2D eigenvalue weighted by atomic mass is 32.1. The lowest BCUT2D eigenvalue weighted by molar-refractivity contribution is 0.409. The maximum Gasteiger partial charge on any atom is 0.106 e. The van der Waals surface area contributed by atoms with Crippen molar-refractivity contribution in [3.8, 4) is 0 Å². The molecule has 0 fully saturated rings. The second kappa shape index (κ2) is 7.60. The van der Waals surface area contributed by atoms with Gasteiger partial charge in [0, 0.05) is 30.9 Å². The topological polar surface area (TPSA) is 32.5 Å². The number of nitrogens with zero attached hydrogens (tertiary/aromatic N) is 2. The average Bonchev–Trinajstić information content (AvgIpc) is 2.33. The largest absolute Gasteiger partial charge is 0.389 e. The molecule has 0 amide bonds. The first-order valence-electron chi connectivity index (χ1n) is 7.12. The van der Waals surface area contributed by atoms with Crippen molar-refractivity contribution in [2.24, 2.45) is 11.7 Å². The summed E-state index contributed by atoms with van der Waals surface area (Å²) in [6.07, 6.45) is 0. The second-order valence-electron chi connectivity index (χ2n) is 5.98. The zero-order valence-corrected chi connectivity index (χ0v) is 14.1. The third kappa shape index (κ3) is 4.76. The molecule has 112 valence electrons. The van der Waals surface area contributed by atoms with Crippen molar-refractivity contribution in [1.29, 1.82) is 0 Å². The minimum atomic E-state index is 0.474. The molecule has 0 spiro atoms. The van der Waals surface area contributed by atoms with E-state index < -0.39 is 0 Å². The number of para-hydroxylation sites is 1. The minimum Gasteiger partial charge on any atom is -0.389 e. The molecule has 3 nitrogen and oxygen atoms in total. The Labute approximate surface area is 128 Å². The van der Waals surface area contributed by atoms with Gasteiger partial charge >= 0.3 is 0 Å². The molecule has 4 heteroatoms. The van der Waals surface area contributed by atoms with Crippen LogP contribution in [0.4, 0.5) is 5.69 Å². The number of hydrogen-bond acceptors (Lipinski definition) is 3. The summed E-state index contributed by atoms with van der Waals surface area (Å²) in [6, 6.07) is 6.17. The number of nitrogens with two attached hydrogens (primary N) is 1. The van der Waals surface area contributed by atoms with Crippen molar-refractivity contribution in [2.45, 2.75) is 20.8 Å². The van der Waals surface area contributed by atoms with E-state index in [9.17, 15) is 0 Å². The van der Waals surface area contributed by atoms with Crippen molar-refractivity contribution < 1.29 is 0 Å². The van der Waals surface area contributed by atoms with E-state index in [4.69, 9.17) is 18.0 Å². The van der Waals surface area contributed by atoms with Crippen molar-refractivity contribution in [3.05, 3.63) is 29.3 Å². The number of thiocarbonyl (C=S) groups is 1. The summed E-state index contributed by atoms with van der Waals surface area (Å²) >= 11 is 5.22. The van der Waals surface area contributed by atoms with Crippen LogP contribution in [-0.2, 0) is 0 Å². The van der Waals surface area contributed by atoms with Crippen LogP contribution in [0.3, 0.4) is 0 Å². The van der Waals surface area contributed by atoms with Gasteiger partial charge in [-0.25, -0.2) is 0 Å². The zero-order chi connectivity index (χ0) is 15.3. The van der Waals surface area contributed by atoms with Crippen molar-refractivity contribution in [1.82, 2.24) is 4.90 Å². The second-order valence-corrected chi connectivity index (χ2v) is 6.42. The van der Waals surface area contributed by atoms with Gasteiger partial charge in [-0.15, -0.1) is 0 Å². The van der Waals surface area contributed by atoms with E-state index in [0.29, 0.717) is 10.9 Å². The molecule has 2 N–H and O–H groups in total. The summed E-state index contributed by atoms with van der Waals surface area (Å²) in [4.78, 5) is 5.09. The van der Waals surface area contributed by atoms with Gasteiger partial charge in [0.25, 0.3) is 0 Å². The lowest BCUT2D eigenvalue weighted by Crippen LogP contribution is -2.36. The molecule has 0 saturated heterocycles. The van der Waals surface area contributed by atoms with E-state index in [0.717, 1.165) is 25.2 Å². The lowest BCUT2D eigenvalue weighted by atomic mass is 10.0. The van der Waals surface area contributed by atoms with Gasteiger partial charge < -0.3 is 15.5 Å². The lowest BCUT2D eigenvalue weighted by Gasteiger charge is -2.31. The Morgan fingerprint density at radius 1 is 1.25 bits per heavy atom. The first-order chi connectivity index (χ1) is 9.32. The van der Waals surface area contributed by atoms with Crippen LogP contribution in [0, 0.1) is 12.8 Å². The SMILES string of the molecule is Cc1cccc(C(N)=S)c1N(CCN(C)C)CC(C)C. The van der Waals surface area contributed by atoms with Gasteiger partial charge in [-0.05, 0) is 38.6 Å². The molecule has 20 heavy (non-hydrogen) atoms. The third-order valence-corrected chi connectivity index (χ3v) is 3.44. The fraction of sp³-hybridized carbons (Fsp3) is 0.562. The molecule has 0 aliphatic carbocycles. The standard InChI is InChI=1S/C16H27N3S/c1-12(2)11-19(10-9-18(4)5)15-13(3)7-6-8-14(15)16(17)20/h6-8,12H,9-11H2,1-5H3,(H2,17,20). The summed E-state index contributed by atoms with van der Waals surface area (Å²) in [5, 5.41) is 0. The van der Waals surface area contributed by atoms with Gasteiger partial charge in [-0.3, -0.25) is 0 Å². The number of aryl methyl sites for hydroxylation is 1. The highest BCUT2D eigenvalue weighted by Crippen LogP contribution is 2.26. The number of anilines is 1. The molecule has 0 atom stereocenters. The molecular weight excluding hydrogens is 266 g/mol. The molecule has 0 aliphatic rings. The Balaban J connectivity index is 3.14. The fourth-order valence-corrected chi connectivity index (χ4v) is 2.50. The Morgan fingerprint density at radius 3 is 2.40 bits per heavy atom. The Hall–Kier alpha value is -1.13. The average molecular weight is 293 g/mol. The van der Waals surface area contributed by atoms with E-state index in [1.165, 1.54) is 11.3 Å². The predicted octanol–water partition coefficient (Wildman–Crippen LogP) is 2.65. The molecule has 1 rings (SSSR count). The van der Waals surface area contributed by atoms with E-state index >= 15 is 0 Å². The van der Waals surface area contributed by atoms with Crippen molar-refractivity contribution in [3.63, 3.8) is 0 Å². The summed E-state index contributed by atoms with van der Waals surface area (Å²) in [5.74, 6) is 0.593. The molecule has 1 aromatic rings. The van der Waals surface area contributed by atoms with E-state index in [2.05, 4.69) is 50.7 Å². The van der Waals surface area contributed by atoms with Crippen LogP contribution in [0.15, 0.2) is 18.2 Å². The molecule has 0 bridgehead atoms. The van der Waals surface area contributed by atoms with Gasteiger partial charge in [0.2, 0.25) is 0 Å². The summed E-state index contributed by atoms with van der Waals surface area (Å²) < 4.78 is 0.